The fourth-order valence-corrected chi connectivity index (χ4v) is 10.1. The predicted molar refractivity (Wildman–Crippen MR) is 235 cm³/mol. The Balaban J connectivity index is 0.000000156. The lowest BCUT2D eigenvalue weighted by Gasteiger charge is -2.36. The normalized spacial score (nSPS) is 20.0. The number of halogens is 1. The second kappa shape index (κ2) is 15.5. The summed E-state index contributed by atoms with van der Waals surface area (Å²) in [6.07, 6.45) is 9.92. The lowest BCUT2D eigenvalue weighted by Crippen LogP contribution is -2.48. The van der Waals surface area contributed by atoms with Gasteiger partial charge in [0.15, 0.2) is 0 Å². The highest BCUT2D eigenvalue weighted by molar-refractivity contribution is 6.65. The van der Waals surface area contributed by atoms with E-state index in [0.29, 0.717) is 44.2 Å². The van der Waals surface area contributed by atoms with Crippen LogP contribution in [0.2, 0.25) is 5.02 Å². The molecule has 0 spiro atoms. The van der Waals surface area contributed by atoms with E-state index in [-0.39, 0.29) is 46.4 Å². The summed E-state index contributed by atoms with van der Waals surface area (Å²) in [5.74, 6) is -0.900. The van der Waals surface area contributed by atoms with E-state index in [2.05, 4.69) is 0 Å². The Morgan fingerprint density at radius 2 is 1.02 bits per heavy atom. The topological polar surface area (TPSA) is 136 Å². The number of hydrogen-bond donors (Lipinski definition) is 0. The first kappa shape index (κ1) is 41.0. The molecule has 312 valence electrons. The van der Waals surface area contributed by atoms with Gasteiger partial charge in [0.1, 0.15) is 0 Å². The van der Waals surface area contributed by atoms with Gasteiger partial charge in [0.25, 0.3) is 29.3 Å². The number of hydrogen-bond acceptors (Lipinski definition) is 8. The Kier molecular flexibility index (Phi) is 10.4. The van der Waals surface area contributed by atoms with Gasteiger partial charge >= 0.3 is 7.12 Å². The molecule has 0 N–H and O–H groups in total. The number of nitro benzene ring substituents is 1. The van der Waals surface area contributed by atoms with Gasteiger partial charge in [-0.25, -0.2) is 0 Å². The molecule has 13 heteroatoms. The van der Waals surface area contributed by atoms with Crippen molar-refractivity contribution in [1.29, 1.82) is 0 Å². The average molecular weight is 840 g/mol. The maximum absolute atomic E-state index is 13.4. The maximum Gasteiger partial charge on any atom is 0.495 e. The van der Waals surface area contributed by atoms with Crippen LogP contribution >= 0.6 is 11.6 Å². The van der Waals surface area contributed by atoms with Crippen LogP contribution in [0.4, 0.5) is 5.69 Å². The molecule has 10 rings (SSSR count). The predicted octanol–water partition coefficient (Wildman–Crippen LogP) is 10.1. The molecule has 0 aromatic heterocycles. The standard InChI is InChI=1S/C24H28BNO4.C24H19ClN2O4/c1-23(2)24(3,4)30-25(29-23)19-14-13-18-20-16(19)11-8-12-17(20)21(27)26(22(18)28)15-9-6-5-7-10-15;25-14-9-10-17(21(13-14)27(30)31)16-11-12-20-22-18(16)7-4-8-19(22)23(28)26(24(20)29)15-5-2-1-3-6-15/h8,11-15H,5-7,9-10H2,1-4H3;4,7-13,15H,1-3,5-6H2. The number of rotatable bonds is 5. The summed E-state index contributed by atoms with van der Waals surface area (Å²) in [6.45, 7) is 8.08. The first-order valence-corrected chi connectivity index (χ1v) is 21.7. The van der Waals surface area contributed by atoms with E-state index in [1.54, 1.807) is 42.5 Å². The highest BCUT2D eigenvalue weighted by atomic mass is 35.5. The second-order valence-corrected chi connectivity index (χ2v) is 18.3. The minimum atomic E-state index is -0.541. The largest absolute Gasteiger partial charge is 0.495 e. The molecule has 11 nitrogen and oxygen atoms in total. The number of nitro groups is 1. The average Bonchev–Trinajstić information content (AvgIpc) is 3.47. The molecular formula is C48H47BClN3O8. The van der Waals surface area contributed by atoms with Gasteiger partial charge in [0.2, 0.25) is 0 Å². The Labute approximate surface area is 359 Å². The molecule has 3 heterocycles. The van der Waals surface area contributed by atoms with E-state index in [4.69, 9.17) is 20.9 Å². The summed E-state index contributed by atoms with van der Waals surface area (Å²) < 4.78 is 12.5. The molecule has 1 saturated heterocycles. The van der Waals surface area contributed by atoms with E-state index < -0.39 is 23.2 Å². The van der Waals surface area contributed by atoms with Crippen LogP contribution in [0.1, 0.15) is 133 Å². The van der Waals surface area contributed by atoms with Crippen molar-refractivity contribution in [2.75, 3.05) is 0 Å². The van der Waals surface area contributed by atoms with Crippen molar-refractivity contribution in [3.05, 3.63) is 116 Å². The van der Waals surface area contributed by atoms with Gasteiger partial charge in [0, 0.05) is 56.2 Å². The zero-order valence-electron chi connectivity index (χ0n) is 34.8. The molecule has 0 unspecified atom stereocenters. The summed E-state index contributed by atoms with van der Waals surface area (Å²) in [4.78, 5) is 67.6. The zero-order chi connectivity index (χ0) is 43.0. The molecule has 0 atom stereocenters. The first-order chi connectivity index (χ1) is 29.2. The monoisotopic (exact) mass is 839 g/mol. The fraction of sp³-hybridized carbons (Fsp3) is 0.375. The summed E-state index contributed by atoms with van der Waals surface area (Å²) >= 11 is 5.98. The molecule has 5 aromatic rings. The van der Waals surface area contributed by atoms with Gasteiger partial charge < -0.3 is 9.31 Å². The zero-order valence-corrected chi connectivity index (χ0v) is 35.6. The third-order valence-electron chi connectivity index (χ3n) is 13.7. The van der Waals surface area contributed by atoms with Crippen molar-refractivity contribution in [3.8, 4) is 11.1 Å². The van der Waals surface area contributed by atoms with Crippen LogP contribution in [0.5, 0.6) is 0 Å². The molecule has 2 aliphatic carbocycles. The van der Waals surface area contributed by atoms with E-state index in [0.717, 1.165) is 74.0 Å². The highest BCUT2D eigenvalue weighted by Crippen LogP contribution is 2.42. The molecule has 0 bridgehead atoms. The van der Waals surface area contributed by atoms with Crippen LogP contribution in [0, 0.1) is 10.1 Å². The van der Waals surface area contributed by atoms with Crippen LogP contribution in [-0.2, 0) is 9.31 Å². The van der Waals surface area contributed by atoms with Crippen LogP contribution in [0.15, 0.2) is 78.9 Å². The van der Waals surface area contributed by atoms with E-state index in [9.17, 15) is 29.3 Å². The van der Waals surface area contributed by atoms with Crippen LogP contribution in [0.25, 0.3) is 32.7 Å². The third kappa shape index (κ3) is 6.83. The molecule has 5 aliphatic rings. The quantitative estimate of drug-likeness (QED) is 0.0739. The summed E-state index contributed by atoms with van der Waals surface area (Å²) in [7, 11) is -0.541. The number of benzene rings is 5. The summed E-state index contributed by atoms with van der Waals surface area (Å²) in [5, 5.41) is 14.7. The summed E-state index contributed by atoms with van der Waals surface area (Å²) in [6, 6.07) is 22.6. The highest BCUT2D eigenvalue weighted by Gasteiger charge is 2.52. The number of amides is 4. The fourth-order valence-electron chi connectivity index (χ4n) is 9.89. The number of carbonyl (C=O) groups is 4. The molecule has 3 aliphatic heterocycles. The lowest BCUT2D eigenvalue weighted by molar-refractivity contribution is -0.384. The molecule has 5 aromatic carbocycles. The second-order valence-electron chi connectivity index (χ2n) is 17.9. The van der Waals surface area contributed by atoms with Crippen LogP contribution in [0.3, 0.4) is 0 Å². The van der Waals surface area contributed by atoms with E-state index in [1.165, 1.54) is 22.3 Å². The van der Waals surface area contributed by atoms with Crippen LogP contribution in [-0.4, -0.2) is 68.8 Å². The van der Waals surface area contributed by atoms with Gasteiger partial charge in [-0.3, -0.25) is 39.1 Å². The van der Waals surface area contributed by atoms with Gasteiger partial charge in [-0.15, -0.1) is 0 Å². The Morgan fingerprint density at radius 3 is 1.52 bits per heavy atom. The molecule has 61 heavy (non-hydrogen) atoms. The van der Waals surface area contributed by atoms with Gasteiger partial charge in [-0.2, -0.15) is 0 Å². The van der Waals surface area contributed by atoms with Crippen molar-refractivity contribution >= 4 is 75.0 Å². The number of carbonyl (C=O) groups excluding carboxylic acids is 4. The van der Waals surface area contributed by atoms with Crippen LogP contribution < -0.4 is 5.46 Å². The Bertz CT molecular complexity index is 2620. The molecule has 3 fully saturated rings. The molecular weight excluding hydrogens is 793 g/mol. The van der Waals surface area contributed by atoms with Crippen molar-refractivity contribution in [1.82, 2.24) is 9.80 Å². The Morgan fingerprint density at radius 1 is 0.590 bits per heavy atom. The number of nitrogens with zero attached hydrogens (tertiary/aromatic N) is 3. The molecule has 2 saturated carbocycles. The maximum atomic E-state index is 13.4. The van der Waals surface area contributed by atoms with E-state index >= 15 is 0 Å². The minimum Gasteiger partial charge on any atom is -0.399 e. The number of imide groups is 2. The van der Waals surface area contributed by atoms with Crippen molar-refractivity contribution in [2.45, 2.75) is 115 Å². The summed E-state index contributed by atoms with van der Waals surface area (Å²) in [5.41, 5.74) is 2.96. The Hall–Kier alpha value is -5.43. The molecule has 0 radical (unpaired) electrons. The van der Waals surface area contributed by atoms with E-state index in [1.807, 2.05) is 58.0 Å². The van der Waals surface area contributed by atoms with Gasteiger partial charge in [0.05, 0.1) is 21.7 Å². The van der Waals surface area contributed by atoms with Crippen molar-refractivity contribution < 1.29 is 33.4 Å². The van der Waals surface area contributed by atoms with Crippen molar-refractivity contribution in [3.63, 3.8) is 0 Å². The van der Waals surface area contributed by atoms with Gasteiger partial charge in [-0.05, 0) is 112 Å². The minimum absolute atomic E-state index is 0.00456. The lowest BCUT2D eigenvalue weighted by atomic mass is 9.74. The third-order valence-corrected chi connectivity index (χ3v) is 14.0. The van der Waals surface area contributed by atoms with Gasteiger partial charge in [-0.1, -0.05) is 86.5 Å². The molecule has 4 amide bonds. The SMILES string of the molecule is CC1(C)OB(c2ccc3c4c(cccc24)C(=O)N(C2CCCCC2)C3=O)OC1(C)C.O=C1c2cccc3c(-c4ccc(Cl)cc4[N+](=O)[O-])ccc(c23)C(=O)N1C1CCCCC1. The van der Waals surface area contributed by atoms with Crippen molar-refractivity contribution in [2.24, 2.45) is 0 Å². The smallest absolute Gasteiger partial charge is 0.399 e. The first-order valence-electron chi connectivity index (χ1n) is 21.4.